The van der Waals surface area contributed by atoms with Crippen molar-refractivity contribution in [1.82, 2.24) is 15.2 Å². The standard InChI is InChI=1S/C19H25F3N4O2/c1-23-17(27)13-6-10-25(11-7-13)18(28)14-4-3-9-26(12-14)16-15(19(20,21)22)5-2-8-24-16/h2,5,8,13-14H,3-4,6-7,9-12H2,1H3,(H,23,27). The molecule has 1 aromatic rings. The molecule has 2 aliphatic rings. The van der Waals surface area contributed by atoms with E-state index in [0.29, 0.717) is 45.3 Å². The fourth-order valence-corrected chi connectivity index (χ4v) is 4.07. The van der Waals surface area contributed by atoms with Gasteiger partial charge in [-0.05, 0) is 37.8 Å². The molecule has 6 nitrogen and oxygen atoms in total. The average Bonchev–Trinajstić information content (AvgIpc) is 2.72. The van der Waals surface area contributed by atoms with Gasteiger partial charge in [-0.25, -0.2) is 4.98 Å². The number of rotatable bonds is 3. The van der Waals surface area contributed by atoms with Gasteiger partial charge in [-0.1, -0.05) is 0 Å². The van der Waals surface area contributed by atoms with Gasteiger partial charge < -0.3 is 15.1 Å². The van der Waals surface area contributed by atoms with Crippen molar-refractivity contribution in [3.05, 3.63) is 23.9 Å². The summed E-state index contributed by atoms with van der Waals surface area (Å²) in [6.07, 6.45) is -0.625. The molecule has 3 heterocycles. The van der Waals surface area contributed by atoms with Gasteiger partial charge in [0, 0.05) is 45.3 Å². The van der Waals surface area contributed by atoms with Crippen LogP contribution in [0.1, 0.15) is 31.2 Å². The number of anilines is 1. The number of pyridine rings is 1. The van der Waals surface area contributed by atoms with Crippen LogP contribution in [0.3, 0.4) is 0 Å². The average molecular weight is 398 g/mol. The maximum absolute atomic E-state index is 13.3. The van der Waals surface area contributed by atoms with Crippen LogP contribution in [0.4, 0.5) is 19.0 Å². The van der Waals surface area contributed by atoms with Crippen molar-refractivity contribution in [1.29, 1.82) is 0 Å². The Kier molecular flexibility index (Phi) is 6.10. The van der Waals surface area contributed by atoms with Crippen LogP contribution in [0.15, 0.2) is 18.3 Å². The summed E-state index contributed by atoms with van der Waals surface area (Å²) in [5.41, 5.74) is -0.769. The van der Waals surface area contributed by atoms with Gasteiger partial charge in [0.2, 0.25) is 11.8 Å². The van der Waals surface area contributed by atoms with Gasteiger partial charge in [0.05, 0.1) is 11.5 Å². The van der Waals surface area contributed by atoms with E-state index in [1.807, 2.05) is 0 Å². The first-order valence-electron chi connectivity index (χ1n) is 9.58. The topological polar surface area (TPSA) is 65.5 Å². The molecule has 3 rings (SSSR count). The molecule has 0 bridgehead atoms. The van der Waals surface area contributed by atoms with Crippen LogP contribution < -0.4 is 10.2 Å². The van der Waals surface area contributed by atoms with Gasteiger partial charge in [-0.2, -0.15) is 13.2 Å². The quantitative estimate of drug-likeness (QED) is 0.849. The van der Waals surface area contributed by atoms with E-state index in [9.17, 15) is 22.8 Å². The van der Waals surface area contributed by atoms with Crippen LogP contribution in [0.5, 0.6) is 0 Å². The number of carbonyl (C=O) groups excluding carboxylic acids is 2. The first-order chi connectivity index (χ1) is 13.3. The zero-order valence-corrected chi connectivity index (χ0v) is 15.8. The zero-order valence-electron chi connectivity index (χ0n) is 15.8. The number of halogens is 3. The lowest BCUT2D eigenvalue weighted by Crippen LogP contribution is -2.49. The Morgan fingerprint density at radius 2 is 1.86 bits per heavy atom. The van der Waals surface area contributed by atoms with Crippen LogP contribution >= 0.6 is 0 Å². The summed E-state index contributed by atoms with van der Waals surface area (Å²) in [5.74, 6) is -0.589. The molecule has 0 spiro atoms. The molecular formula is C19H25F3N4O2. The minimum atomic E-state index is -4.48. The predicted octanol–water partition coefficient (Wildman–Crippen LogP) is 2.30. The van der Waals surface area contributed by atoms with E-state index in [1.165, 1.54) is 12.3 Å². The van der Waals surface area contributed by atoms with E-state index in [2.05, 4.69) is 10.3 Å². The fraction of sp³-hybridized carbons (Fsp3) is 0.632. The largest absolute Gasteiger partial charge is 0.419 e. The van der Waals surface area contributed by atoms with Gasteiger partial charge in [-0.15, -0.1) is 0 Å². The molecule has 2 saturated heterocycles. The fourth-order valence-electron chi connectivity index (χ4n) is 4.07. The zero-order chi connectivity index (χ0) is 20.3. The number of aromatic nitrogens is 1. The third kappa shape index (κ3) is 4.39. The van der Waals surface area contributed by atoms with Crippen LogP contribution in [-0.4, -0.2) is 54.9 Å². The Bertz CT molecular complexity index is 717. The number of alkyl halides is 3. The third-order valence-corrected chi connectivity index (χ3v) is 5.59. The van der Waals surface area contributed by atoms with Crippen molar-refractivity contribution in [2.24, 2.45) is 11.8 Å². The van der Waals surface area contributed by atoms with Crippen LogP contribution in [0, 0.1) is 11.8 Å². The van der Waals surface area contributed by atoms with Gasteiger partial charge in [0.1, 0.15) is 5.82 Å². The summed E-state index contributed by atoms with van der Waals surface area (Å²) in [6, 6.07) is 2.30. The lowest BCUT2D eigenvalue weighted by molar-refractivity contribution is -0.139. The second-order valence-electron chi connectivity index (χ2n) is 7.37. The second-order valence-corrected chi connectivity index (χ2v) is 7.37. The molecule has 154 valence electrons. The Hall–Kier alpha value is -2.32. The molecule has 0 aromatic carbocycles. The minimum Gasteiger partial charge on any atom is -0.359 e. The molecule has 0 aliphatic carbocycles. The molecule has 1 aromatic heterocycles. The normalized spacial score (nSPS) is 21.5. The number of carbonyl (C=O) groups is 2. The predicted molar refractivity (Wildman–Crippen MR) is 97.5 cm³/mol. The molecular weight excluding hydrogens is 373 g/mol. The van der Waals surface area contributed by atoms with E-state index in [0.717, 1.165) is 6.07 Å². The number of likely N-dealkylation sites (tertiary alicyclic amines) is 1. The van der Waals surface area contributed by atoms with Crippen molar-refractivity contribution in [3.8, 4) is 0 Å². The Balaban J connectivity index is 1.66. The van der Waals surface area contributed by atoms with E-state index in [-0.39, 0.29) is 36.0 Å². The molecule has 2 fully saturated rings. The van der Waals surface area contributed by atoms with Crippen molar-refractivity contribution in [3.63, 3.8) is 0 Å². The smallest absolute Gasteiger partial charge is 0.359 e. The molecule has 1 unspecified atom stereocenters. The number of hydrogen-bond acceptors (Lipinski definition) is 4. The minimum absolute atomic E-state index is 0.00854. The summed E-state index contributed by atoms with van der Waals surface area (Å²) in [5, 5.41) is 2.64. The second kappa shape index (κ2) is 8.36. The summed E-state index contributed by atoms with van der Waals surface area (Å²) >= 11 is 0. The Morgan fingerprint density at radius 3 is 2.50 bits per heavy atom. The van der Waals surface area contributed by atoms with Gasteiger partial charge in [0.25, 0.3) is 0 Å². The SMILES string of the molecule is CNC(=O)C1CCN(C(=O)C2CCCN(c3ncccc3C(F)(F)F)C2)CC1. The summed E-state index contributed by atoms with van der Waals surface area (Å²) < 4.78 is 39.9. The Morgan fingerprint density at radius 1 is 1.14 bits per heavy atom. The van der Waals surface area contributed by atoms with E-state index in [4.69, 9.17) is 0 Å². The highest BCUT2D eigenvalue weighted by Gasteiger charge is 2.38. The number of nitrogens with one attached hydrogen (secondary N) is 1. The summed E-state index contributed by atoms with van der Waals surface area (Å²) in [6.45, 7) is 1.69. The summed E-state index contributed by atoms with van der Waals surface area (Å²) in [4.78, 5) is 31.9. The monoisotopic (exact) mass is 398 g/mol. The molecule has 1 atom stereocenters. The highest BCUT2D eigenvalue weighted by molar-refractivity contribution is 5.81. The Labute approximate surface area is 162 Å². The van der Waals surface area contributed by atoms with Crippen LogP contribution in [0.25, 0.3) is 0 Å². The number of hydrogen-bond donors (Lipinski definition) is 1. The summed E-state index contributed by atoms with van der Waals surface area (Å²) in [7, 11) is 1.60. The highest BCUT2D eigenvalue weighted by atomic mass is 19.4. The van der Waals surface area contributed by atoms with Crippen molar-refractivity contribution < 1.29 is 22.8 Å². The van der Waals surface area contributed by atoms with E-state index < -0.39 is 11.7 Å². The number of nitrogens with zero attached hydrogens (tertiary/aromatic N) is 3. The van der Waals surface area contributed by atoms with E-state index in [1.54, 1.807) is 16.8 Å². The molecule has 2 aliphatic heterocycles. The molecule has 0 saturated carbocycles. The van der Waals surface area contributed by atoms with E-state index >= 15 is 0 Å². The molecule has 1 N–H and O–H groups in total. The van der Waals surface area contributed by atoms with Gasteiger partial charge in [-0.3, -0.25) is 9.59 Å². The van der Waals surface area contributed by atoms with Gasteiger partial charge in [0.15, 0.2) is 0 Å². The maximum atomic E-state index is 13.3. The van der Waals surface area contributed by atoms with Crippen LogP contribution in [-0.2, 0) is 15.8 Å². The molecule has 2 amide bonds. The lowest BCUT2D eigenvalue weighted by Gasteiger charge is -2.38. The third-order valence-electron chi connectivity index (χ3n) is 5.59. The number of amides is 2. The highest BCUT2D eigenvalue weighted by Crippen LogP contribution is 2.36. The van der Waals surface area contributed by atoms with Gasteiger partial charge >= 0.3 is 6.18 Å². The van der Waals surface area contributed by atoms with Crippen molar-refractivity contribution in [2.75, 3.05) is 38.1 Å². The van der Waals surface area contributed by atoms with Crippen molar-refractivity contribution in [2.45, 2.75) is 31.9 Å². The van der Waals surface area contributed by atoms with Crippen LogP contribution in [0.2, 0.25) is 0 Å². The molecule has 9 heteroatoms. The van der Waals surface area contributed by atoms with Crippen molar-refractivity contribution >= 4 is 17.6 Å². The molecule has 28 heavy (non-hydrogen) atoms. The first kappa shape index (κ1) is 20.4. The first-order valence-corrected chi connectivity index (χ1v) is 9.58. The lowest BCUT2D eigenvalue weighted by atomic mass is 9.92. The maximum Gasteiger partial charge on any atom is 0.419 e. The molecule has 0 radical (unpaired) electrons. The number of piperidine rings is 2.